The maximum Gasteiger partial charge on any atom is 0.523 e. The second kappa shape index (κ2) is 8.30. The lowest BCUT2D eigenvalue weighted by molar-refractivity contribution is -0.146. The molecule has 140 valence electrons. The number of carboxylic acid groups (broad SMARTS) is 1. The highest BCUT2D eigenvalue weighted by Crippen LogP contribution is 2.26. The molecule has 0 saturated heterocycles. The van der Waals surface area contributed by atoms with E-state index in [9.17, 15) is 31.2 Å². The molecule has 0 aliphatic heterocycles. The molecule has 1 unspecified atom stereocenters. The third-order valence-corrected chi connectivity index (χ3v) is 4.16. The van der Waals surface area contributed by atoms with Gasteiger partial charge in [0.15, 0.2) is 6.10 Å². The fourth-order valence-electron chi connectivity index (χ4n) is 1.84. The number of halogens is 3. The van der Waals surface area contributed by atoms with Gasteiger partial charge in [0, 0.05) is 0 Å². The Morgan fingerprint density at radius 1 is 1.20 bits per heavy atom. The van der Waals surface area contributed by atoms with Crippen molar-refractivity contribution >= 4 is 22.1 Å². The molecule has 0 fully saturated rings. The minimum Gasteiger partial charge on any atom is -0.479 e. The molecule has 11 heteroatoms. The summed E-state index contributed by atoms with van der Waals surface area (Å²) in [5.74, 6) is -2.35. The lowest BCUT2D eigenvalue weighted by Gasteiger charge is -2.14. The molecule has 0 heterocycles. The van der Waals surface area contributed by atoms with Crippen LogP contribution in [0, 0.1) is 0 Å². The lowest BCUT2D eigenvalue weighted by atomic mass is 10.0. The number of alkyl halides is 3. The number of benzene rings is 1. The molecule has 0 saturated carbocycles. The summed E-state index contributed by atoms with van der Waals surface area (Å²) in [6.45, 7) is 0. The van der Waals surface area contributed by atoms with E-state index >= 15 is 0 Å². The van der Waals surface area contributed by atoms with Crippen LogP contribution in [-0.2, 0) is 30.3 Å². The lowest BCUT2D eigenvalue weighted by Crippen LogP contribution is -2.34. The largest absolute Gasteiger partial charge is 0.523 e. The highest BCUT2D eigenvalue weighted by Gasteiger charge is 2.49. The molecule has 0 spiro atoms. The standard InChI is InChI=1S/C14H15F3O7S/c1-23-13(20)10-7-5-9(6-8-10)3-2-4-11(12(18)19)24-25(21,22)14(15,16)17/h5-8,11H,2-4H2,1H3,(H,18,19). The van der Waals surface area contributed by atoms with Crippen LogP contribution in [0.3, 0.4) is 0 Å². The molecule has 1 rings (SSSR count). The molecule has 1 aromatic carbocycles. The van der Waals surface area contributed by atoms with Crippen LogP contribution in [0.2, 0.25) is 0 Å². The minimum absolute atomic E-state index is 0.0575. The Kier molecular flexibility index (Phi) is 6.94. The average Bonchev–Trinajstić information content (AvgIpc) is 2.52. The Labute approximate surface area is 141 Å². The van der Waals surface area contributed by atoms with E-state index in [1.165, 1.54) is 19.2 Å². The maximum absolute atomic E-state index is 12.2. The number of aliphatic carboxylic acids is 1. The Morgan fingerprint density at radius 2 is 1.76 bits per heavy atom. The number of methoxy groups -OCH3 is 1. The molecule has 1 N–H and O–H groups in total. The van der Waals surface area contributed by atoms with Crippen molar-refractivity contribution in [2.24, 2.45) is 0 Å². The number of carbonyl (C=O) groups excluding carboxylic acids is 1. The normalized spacial score (nSPS) is 13.3. The first-order chi connectivity index (χ1) is 11.5. The van der Waals surface area contributed by atoms with Crippen LogP contribution < -0.4 is 0 Å². The van der Waals surface area contributed by atoms with Gasteiger partial charge in [-0.15, -0.1) is 0 Å². The summed E-state index contributed by atoms with van der Waals surface area (Å²) in [7, 11) is -4.77. The van der Waals surface area contributed by atoms with Gasteiger partial charge in [0.1, 0.15) is 0 Å². The zero-order valence-electron chi connectivity index (χ0n) is 12.9. The van der Waals surface area contributed by atoms with Crippen molar-refractivity contribution in [3.63, 3.8) is 0 Å². The molecular formula is C14H15F3O7S. The first-order valence-corrected chi connectivity index (χ1v) is 8.28. The third kappa shape index (κ3) is 6.02. The summed E-state index contributed by atoms with van der Waals surface area (Å²) in [6.07, 6.45) is -2.27. The van der Waals surface area contributed by atoms with Gasteiger partial charge in [-0.25, -0.2) is 13.8 Å². The second-order valence-corrected chi connectivity index (χ2v) is 6.47. The first kappa shape index (κ1) is 20.9. The van der Waals surface area contributed by atoms with E-state index in [-0.39, 0.29) is 12.8 Å². The predicted octanol–water partition coefficient (Wildman–Crippen LogP) is 2.12. The van der Waals surface area contributed by atoms with Crippen molar-refractivity contribution in [3.05, 3.63) is 35.4 Å². The average molecular weight is 384 g/mol. The van der Waals surface area contributed by atoms with E-state index in [1.807, 2.05) is 0 Å². The van der Waals surface area contributed by atoms with Crippen LogP contribution >= 0.6 is 0 Å². The third-order valence-electron chi connectivity index (χ3n) is 3.11. The SMILES string of the molecule is COC(=O)c1ccc(CCCC(OS(=O)(=O)C(F)(F)F)C(=O)O)cc1. The molecule has 0 aromatic heterocycles. The zero-order chi connectivity index (χ0) is 19.3. The van der Waals surface area contributed by atoms with Crippen LogP contribution in [0.15, 0.2) is 24.3 Å². The smallest absolute Gasteiger partial charge is 0.479 e. The van der Waals surface area contributed by atoms with Gasteiger partial charge in [-0.2, -0.15) is 21.6 Å². The molecule has 7 nitrogen and oxygen atoms in total. The summed E-state index contributed by atoms with van der Waals surface area (Å²) in [5.41, 5.74) is -4.71. The highest BCUT2D eigenvalue weighted by atomic mass is 32.2. The summed E-state index contributed by atoms with van der Waals surface area (Å²) in [4.78, 5) is 22.2. The number of ether oxygens (including phenoxy) is 1. The Morgan fingerprint density at radius 3 is 2.20 bits per heavy atom. The fourth-order valence-corrected chi connectivity index (χ4v) is 2.43. The molecule has 0 bridgehead atoms. The summed E-state index contributed by atoms with van der Waals surface area (Å²) < 4.78 is 66.7. The zero-order valence-corrected chi connectivity index (χ0v) is 13.8. The van der Waals surface area contributed by atoms with Crippen LogP contribution in [0.4, 0.5) is 13.2 Å². The number of esters is 1. The number of hydrogen-bond acceptors (Lipinski definition) is 6. The Hall–Kier alpha value is -2.14. The monoisotopic (exact) mass is 384 g/mol. The van der Waals surface area contributed by atoms with E-state index in [1.54, 1.807) is 12.1 Å². The van der Waals surface area contributed by atoms with Gasteiger partial charge in [-0.05, 0) is 37.0 Å². The van der Waals surface area contributed by atoms with Crippen LogP contribution in [-0.4, -0.2) is 44.2 Å². The van der Waals surface area contributed by atoms with Crippen molar-refractivity contribution in [1.29, 1.82) is 0 Å². The van der Waals surface area contributed by atoms with Gasteiger partial charge >= 0.3 is 27.6 Å². The number of carboxylic acids is 1. The quantitative estimate of drug-likeness (QED) is 0.416. The van der Waals surface area contributed by atoms with Crippen molar-refractivity contribution in [1.82, 2.24) is 0 Å². The summed E-state index contributed by atoms with van der Waals surface area (Å²) >= 11 is 0. The summed E-state index contributed by atoms with van der Waals surface area (Å²) in [6, 6.07) is 6.07. The molecule has 1 atom stereocenters. The Balaban J connectivity index is 2.65. The van der Waals surface area contributed by atoms with E-state index < -0.39 is 40.1 Å². The van der Waals surface area contributed by atoms with Gasteiger partial charge in [-0.1, -0.05) is 12.1 Å². The van der Waals surface area contributed by atoms with Crippen LogP contribution in [0.5, 0.6) is 0 Å². The number of rotatable bonds is 8. The van der Waals surface area contributed by atoms with Crippen molar-refractivity contribution < 1.29 is 45.2 Å². The molecule has 0 aliphatic carbocycles. The molecular weight excluding hydrogens is 369 g/mol. The van der Waals surface area contributed by atoms with Crippen LogP contribution in [0.1, 0.15) is 28.8 Å². The Bertz CT molecular complexity index is 711. The fraction of sp³-hybridized carbons (Fsp3) is 0.429. The molecule has 1 aromatic rings. The minimum atomic E-state index is -5.99. The maximum atomic E-state index is 12.2. The van der Waals surface area contributed by atoms with E-state index in [0.717, 1.165) is 0 Å². The predicted molar refractivity (Wildman–Crippen MR) is 78.2 cm³/mol. The van der Waals surface area contributed by atoms with Crippen molar-refractivity contribution in [3.8, 4) is 0 Å². The van der Waals surface area contributed by atoms with Gasteiger partial charge in [0.2, 0.25) is 0 Å². The molecule has 0 amide bonds. The number of carbonyl (C=O) groups is 2. The summed E-state index contributed by atoms with van der Waals surface area (Å²) in [5, 5.41) is 8.82. The first-order valence-electron chi connectivity index (χ1n) is 6.87. The van der Waals surface area contributed by atoms with E-state index in [0.29, 0.717) is 11.1 Å². The van der Waals surface area contributed by atoms with Crippen molar-refractivity contribution in [2.45, 2.75) is 30.9 Å². The highest BCUT2D eigenvalue weighted by molar-refractivity contribution is 7.87. The van der Waals surface area contributed by atoms with Crippen molar-refractivity contribution in [2.75, 3.05) is 7.11 Å². The molecule has 0 aliphatic rings. The van der Waals surface area contributed by atoms with E-state index in [2.05, 4.69) is 8.92 Å². The van der Waals surface area contributed by atoms with Gasteiger partial charge in [-0.3, -0.25) is 0 Å². The van der Waals surface area contributed by atoms with Crippen LogP contribution in [0.25, 0.3) is 0 Å². The second-order valence-electron chi connectivity index (χ2n) is 4.90. The number of hydrogen-bond donors (Lipinski definition) is 1. The molecule has 0 radical (unpaired) electrons. The molecule has 25 heavy (non-hydrogen) atoms. The van der Waals surface area contributed by atoms with Gasteiger partial charge < -0.3 is 9.84 Å². The van der Waals surface area contributed by atoms with E-state index in [4.69, 9.17) is 5.11 Å². The van der Waals surface area contributed by atoms with Gasteiger partial charge in [0.05, 0.1) is 12.7 Å². The van der Waals surface area contributed by atoms with Gasteiger partial charge in [0.25, 0.3) is 0 Å². The topological polar surface area (TPSA) is 107 Å². The number of aryl methyl sites for hydroxylation is 1.